The smallest absolute Gasteiger partial charge is 0.223 e. The van der Waals surface area contributed by atoms with Crippen molar-refractivity contribution in [1.29, 1.82) is 0 Å². The second-order valence-corrected chi connectivity index (χ2v) is 11.2. The van der Waals surface area contributed by atoms with Crippen LogP contribution in [0.15, 0.2) is 60.7 Å². The molecule has 1 N–H and O–H groups in total. The van der Waals surface area contributed by atoms with Crippen molar-refractivity contribution in [2.45, 2.75) is 51.8 Å². The molecule has 5 rings (SSSR count). The first-order valence-corrected chi connectivity index (χ1v) is 13.6. The molecule has 1 saturated heterocycles. The Kier molecular flexibility index (Phi) is 7.10. The van der Waals surface area contributed by atoms with Crippen LogP contribution in [-0.2, 0) is 16.8 Å². The number of halogens is 2. The molecule has 3 aromatic rings. The van der Waals surface area contributed by atoms with E-state index in [1.54, 1.807) is 12.1 Å². The molecule has 2 aliphatic rings. The van der Waals surface area contributed by atoms with Crippen LogP contribution in [0.3, 0.4) is 0 Å². The van der Waals surface area contributed by atoms with Gasteiger partial charge in [-0.2, -0.15) is 0 Å². The lowest BCUT2D eigenvalue weighted by atomic mass is 9.74. The molecule has 198 valence electrons. The summed E-state index contributed by atoms with van der Waals surface area (Å²) in [5.41, 5.74) is 4.39. The van der Waals surface area contributed by atoms with Gasteiger partial charge in [-0.05, 0) is 61.4 Å². The van der Waals surface area contributed by atoms with Crippen molar-refractivity contribution >= 4 is 40.9 Å². The average molecular weight is 552 g/mol. The first-order valence-electron chi connectivity index (χ1n) is 12.9. The lowest BCUT2D eigenvalue weighted by Crippen LogP contribution is -2.68. The van der Waals surface area contributed by atoms with Crippen molar-refractivity contribution in [1.82, 2.24) is 5.32 Å². The summed E-state index contributed by atoms with van der Waals surface area (Å²) in [5.74, 6) is 1.33. The summed E-state index contributed by atoms with van der Waals surface area (Å²) >= 11 is 12.3. The minimum atomic E-state index is -0.676. The predicted molar refractivity (Wildman–Crippen MR) is 154 cm³/mol. The van der Waals surface area contributed by atoms with E-state index in [9.17, 15) is 4.79 Å². The predicted octanol–water partition coefficient (Wildman–Crippen LogP) is 7.31. The third-order valence-electron chi connectivity index (χ3n) is 7.57. The number of rotatable bonds is 7. The van der Waals surface area contributed by atoms with E-state index in [0.717, 1.165) is 11.1 Å². The van der Waals surface area contributed by atoms with Crippen LogP contribution in [0, 0.1) is 6.92 Å². The highest BCUT2D eigenvalue weighted by molar-refractivity contribution is 6.35. The maximum absolute atomic E-state index is 12.7. The van der Waals surface area contributed by atoms with Crippen molar-refractivity contribution in [3.8, 4) is 11.5 Å². The van der Waals surface area contributed by atoms with Crippen molar-refractivity contribution in [2.75, 3.05) is 18.1 Å². The molecular formula is C31H32Cl2N2O3. The number of aryl methyl sites for hydroxylation is 1. The number of benzene rings is 3. The number of nitrogens with zero attached hydrogens (tertiary/aromatic N) is 1. The van der Waals surface area contributed by atoms with Crippen LogP contribution in [0.2, 0.25) is 10.0 Å². The van der Waals surface area contributed by atoms with E-state index in [4.69, 9.17) is 32.7 Å². The largest absolute Gasteiger partial charge is 0.490 e. The van der Waals surface area contributed by atoms with Gasteiger partial charge in [0.05, 0.1) is 6.61 Å². The highest BCUT2D eigenvalue weighted by Crippen LogP contribution is 2.52. The molecule has 3 aromatic carbocycles. The zero-order chi connectivity index (χ0) is 27.1. The lowest BCUT2D eigenvalue weighted by Gasteiger charge is -2.49. The van der Waals surface area contributed by atoms with E-state index in [0.29, 0.717) is 47.7 Å². The van der Waals surface area contributed by atoms with Crippen LogP contribution in [0.1, 0.15) is 49.4 Å². The molecule has 0 bridgehead atoms. The van der Waals surface area contributed by atoms with Gasteiger partial charge in [0.15, 0.2) is 11.5 Å². The first-order chi connectivity index (χ1) is 18.1. The topological polar surface area (TPSA) is 50.8 Å². The molecule has 0 aromatic heterocycles. The molecule has 1 fully saturated rings. The number of hydrogen-bond acceptors (Lipinski definition) is 4. The summed E-state index contributed by atoms with van der Waals surface area (Å²) < 4.78 is 12.0. The highest BCUT2D eigenvalue weighted by Gasteiger charge is 2.57. The summed E-state index contributed by atoms with van der Waals surface area (Å²) in [6.07, 6.45) is 4.65. The summed E-state index contributed by atoms with van der Waals surface area (Å²) in [6, 6.07) is 17.8. The van der Waals surface area contributed by atoms with E-state index in [2.05, 4.69) is 61.3 Å². The third-order valence-corrected chi connectivity index (χ3v) is 8.16. The molecule has 0 saturated carbocycles. The van der Waals surface area contributed by atoms with Crippen LogP contribution in [-0.4, -0.2) is 24.7 Å². The highest BCUT2D eigenvalue weighted by atomic mass is 35.5. The Morgan fingerprint density at radius 2 is 1.84 bits per heavy atom. The van der Waals surface area contributed by atoms with Crippen LogP contribution in [0.25, 0.3) is 6.08 Å². The maximum Gasteiger partial charge on any atom is 0.223 e. The summed E-state index contributed by atoms with van der Waals surface area (Å²) in [6.45, 7) is 9.91. The molecule has 2 heterocycles. The number of amides is 1. The molecule has 1 amide bonds. The molecule has 7 heteroatoms. The van der Waals surface area contributed by atoms with Crippen LogP contribution in [0.4, 0.5) is 5.69 Å². The molecule has 1 atom stereocenters. The van der Waals surface area contributed by atoms with Gasteiger partial charge in [-0.25, -0.2) is 0 Å². The van der Waals surface area contributed by atoms with Crippen molar-refractivity contribution in [2.24, 2.45) is 0 Å². The number of fused-ring (bicyclic) bond motifs is 3. The monoisotopic (exact) mass is 550 g/mol. The van der Waals surface area contributed by atoms with E-state index in [1.165, 1.54) is 16.8 Å². The minimum Gasteiger partial charge on any atom is -0.490 e. The molecule has 0 spiro atoms. The van der Waals surface area contributed by atoms with Gasteiger partial charge in [0.2, 0.25) is 5.91 Å². The van der Waals surface area contributed by atoms with E-state index < -0.39 is 5.66 Å². The number of ether oxygens (including phenoxy) is 2. The molecular weight excluding hydrogens is 519 g/mol. The molecule has 0 radical (unpaired) electrons. The van der Waals surface area contributed by atoms with E-state index in [-0.39, 0.29) is 11.3 Å². The first kappa shape index (κ1) is 26.5. The van der Waals surface area contributed by atoms with E-state index in [1.807, 2.05) is 31.2 Å². The van der Waals surface area contributed by atoms with Gasteiger partial charge in [0.1, 0.15) is 12.3 Å². The van der Waals surface area contributed by atoms with E-state index >= 15 is 0 Å². The summed E-state index contributed by atoms with van der Waals surface area (Å²) in [4.78, 5) is 15.0. The fraction of sp³-hybridized carbons (Fsp3) is 0.323. The van der Waals surface area contributed by atoms with Crippen molar-refractivity contribution < 1.29 is 14.3 Å². The quantitative estimate of drug-likeness (QED) is 0.335. The standard InChI is InChI=1S/C31H32Cl2N2O3/c1-5-37-28-17-21(7-11-27(28)38-19-22-8-9-23(32)18-25(22)33)12-14-31-30(3,4)24-16-20(2)6-10-26(24)35(31)15-13-29(36)34-31/h6-12,14,16-18H,5,13,15,19H2,1-4H3,(H,34,36)/b14-12+/t31-/m0/s1. The van der Waals surface area contributed by atoms with Crippen LogP contribution < -0.4 is 19.7 Å². The van der Waals surface area contributed by atoms with Crippen molar-refractivity contribution in [3.63, 3.8) is 0 Å². The van der Waals surface area contributed by atoms with Gasteiger partial charge in [-0.1, -0.05) is 73.0 Å². The van der Waals surface area contributed by atoms with Gasteiger partial charge in [0.25, 0.3) is 0 Å². The molecule has 2 aliphatic heterocycles. The van der Waals surface area contributed by atoms with Crippen molar-refractivity contribution in [3.05, 3.63) is 93.0 Å². The molecule has 0 unspecified atom stereocenters. The second-order valence-electron chi connectivity index (χ2n) is 10.4. The summed E-state index contributed by atoms with van der Waals surface area (Å²) in [7, 11) is 0. The lowest BCUT2D eigenvalue weighted by molar-refractivity contribution is -0.124. The average Bonchev–Trinajstić information content (AvgIpc) is 3.06. The SMILES string of the molecule is CCOc1cc(/C=C/[C@]23NC(=O)CCN2c2ccc(C)cc2C3(C)C)ccc1OCc1ccc(Cl)cc1Cl. The van der Waals surface area contributed by atoms with Gasteiger partial charge in [0, 0.05) is 39.7 Å². The van der Waals surface area contributed by atoms with Gasteiger partial charge >= 0.3 is 0 Å². The zero-order valence-corrected chi connectivity index (χ0v) is 23.6. The Morgan fingerprint density at radius 3 is 2.61 bits per heavy atom. The molecule has 5 nitrogen and oxygen atoms in total. The molecule has 0 aliphatic carbocycles. The van der Waals surface area contributed by atoms with Gasteiger partial charge < -0.3 is 19.7 Å². The Bertz CT molecular complexity index is 1420. The fourth-order valence-corrected chi connectivity index (χ4v) is 5.96. The fourth-order valence-electron chi connectivity index (χ4n) is 5.49. The van der Waals surface area contributed by atoms with Crippen LogP contribution >= 0.6 is 23.2 Å². The summed E-state index contributed by atoms with van der Waals surface area (Å²) in [5, 5.41) is 4.48. The number of hydrogen-bond donors (Lipinski definition) is 1. The van der Waals surface area contributed by atoms with Gasteiger partial charge in [-0.15, -0.1) is 0 Å². The number of nitrogens with one attached hydrogen (secondary N) is 1. The van der Waals surface area contributed by atoms with Crippen LogP contribution in [0.5, 0.6) is 11.5 Å². The Morgan fingerprint density at radius 1 is 1.03 bits per heavy atom. The molecule has 38 heavy (non-hydrogen) atoms. The second kappa shape index (κ2) is 10.2. The maximum atomic E-state index is 12.7. The number of anilines is 1. The Hall–Kier alpha value is -3.15. The van der Waals surface area contributed by atoms with Gasteiger partial charge in [-0.3, -0.25) is 4.79 Å². The third kappa shape index (κ3) is 4.63. The minimum absolute atomic E-state index is 0.0584. The Balaban J connectivity index is 1.45. The normalized spacial score (nSPS) is 19.7. The Labute approximate surface area is 234 Å². The zero-order valence-electron chi connectivity index (χ0n) is 22.1. The number of carbonyl (C=O) groups excluding carboxylic acids is 1. The number of carbonyl (C=O) groups is 1.